The maximum atomic E-state index is 13.9. The molecule has 0 N–H and O–H groups in total. The van der Waals surface area contributed by atoms with Gasteiger partial charge in [-0.1, -0.05) is 70.0 Å². The lowest BCUT2D eigenvalue weighted by Crippen LogP contribution is -2.51. The van der Waals surface area contributed by atoms with E-state index in [-0.39, 0.29) is 11.1 Å². The normalized spacial score (nSPS) is 24.4. The minimum absolute atomic E-state index is 0.199. The summed E-state index contributed by atoms with van der Waals surface area (Å²) in [6.07, 6.45) is -0.960. The largest absolute Gasteiger partial charge is 0.349 e. The van der Waals surface area contributed by atoms with Crippen LogP contribution in [0, 0.1) is 18.8 Å². The van der Waals surface area contributed by atoms with Crippen LogP contribution in [0.3, 0.4) is 0 Å². The smallest absolute Gasteiger partial charge is 0.241 e. The van der Waals surface area contributed by atoms with Gasteiger partial charge in [-0.05, 0) is 42.3 Å². The number of halogens is 2. The number of imide groups is 1. The van der Waals surface area contributed by atoms with E-state index in [4.69, 9.17) is 16.3 Å². The van der Waals surface area contributed by atoms with E-state index < -0.39 is 46.9 Å². The molecule has 174 valence electrons. The van der Waals surface area contributed by atoms with Crippen molar-refractivity contribution in [2.75, 3.05) is 4.90 Å². The highest BCUT2D eigenvalue weighted by Gasteiger charge is 2.74. The molecule has 0 unspecified atom stereocenters. The lowest BCUT2D eigenvalue weighted by atomic mass is 9.77. The fourth-order valence-electron chi connectivity index (χ4n) is 5.45. The third-order valence-corrected chi connectivity index (χ3v) is 8.07. The first-order valence-electron chi connectivity index (χ1n) is 11.0. The quantitative estimate of drug-likeness (QED) is 0.327. The van der Waals surface area contributed by atoms with E-state index in [0.29, 0.717) is 16.3 Å². The molecule has 2 amide bonds. The molecule has 0 saturated carbocycles. The first-order chi connectivity index (χ1) is 16.8. The number of ketones is 2. The van der Waals surface area contributed by atoms with Gasteiger partial charge in [-0.3, -0.25) is 19.2 Å². The predicted octanol–water partition coefficient (Wildman–Crippen LogP) is 5.11. The number of aryl methyl sites for hydroxylation is 1. The Bertz CT molecular complexity index is 1430. The third-order valence-electron chi connectivity index (χ3n) is 7.13. The average Bonchev–Trinajstić information content (AvgIpc) is 3.41. The van der Waals surface area contributed by atoms with Gasteiger partial charge in [0.15, 0.2) is 0 Å². The number of hydrogen-bond donors (Lipinski definition) is 0. The summed E-state index contributed by atoms with van der Waals surface area (Å²) in [5.41, 5.74) is -0.0117. The van der Waals surface area contributed by atoms with Gasteiger partial charge < -0.3 is 4.74 Å². The molecule has 1 aliphatic carbocycles. The Labute approximate surface area is 214 Å². The maximum absolute atomic E-state index is 13.9. The van der Waals surface area contributed by atoms with Crippen molar-refractivity contribution in [1.29, 1.82) is 0 Å². The van der Waals surface area contributed by atoms with Crippen LogP contribution in [0.1, 0.15) is 37.9 Å². The summed E-state index contributed by atoms with van der Waals surface area (Å²) in [5.74, 6) is -4.69. The average molecular weight is 551 g/mol. The van der Waals surface area contributed by atoms with Crippen molar-refractivity contribution in [2.24, 2.45) is 11.8 Å². The molecule has 2 heterocycles. The first kappa shape index (κ1) is 22.3. The number of carbonyl (C=O) groups excluding carboxylic acids is 4. The van der Waals surface area contributed by atoms with Crippen LogP contribution in [-0.4, -0.2) is 29.0 Å². The molecule has 2 fully saturated rings. The van der Waals surface area contributed by atoms with Gasteiger partial charge in [0.25, 0.3) is 0 Å². The molecular weight excluding hydrogens is 534 g/mol. The van der Waals surface area contributed by atoms with Gasteiger partial charge in [0.2, 0.25) is 29.0 Å². The van der Waals surface area contributed by atoms with E-state index in [2.05, 4.69) is 15.9 Å². The van der Waals surface area contributed by atoms with Gasteiger partial charge in [-0.25, -0.2) is 4.90 Å². The molecule has 8 heteroatoms. The minimum atomic E-state index is -2.10. The molecule has 6 rings (SSSR count). The Morgan fingerprint density at radius 2 is 1.51 bits per heavy atom. The summed E-state index contributed by atoms with van der Waals surface area (Å²) in [7, 11) is 0. The van der Waals surface area contributed by atoms with E-state index >= 15 is 0 Å². The van der Waals surface area contributed by atoms with Crippen LogP contribution in [0.15, 0.2) is 71.2 Å². The Balaban J connectivity index is 1.54. The third kappa shape index (κ3) is 2.92. The van der Waals surface area contributed by atoms with E-state index in [0.717, 1.165) is 14.9 Å². The highest BCUT2D eigenvalue weighted by molar-refractivity contribution is 9.10. The molecule has 35 heavy (non-hydrogen) atoms. The van der Waals surface area contributed by atoms with Gasteiger partial charge >= 0.3 is 0 Å². The Morgan fingerprint density at radius 1 is 0.886 bits per heavy atom. The summed E-state index contributed by atoms with van der Waals surface area (Å²) in [6.45, 7) is 1.81. The van der Waals surface area contributed by atoms with Crippen LogP contribution in [0.4, 0.5) is 5.69 Å². The van der Waals surface area contributed by atoms with Crippen LogP contribution < -0.4 is 4.90 Å². The number of nitrogens with zero attached hydrogens (tertiary/aromatic N) is 1. The zero-order valence-corrected chi connectivity index (χ0v) is 20.7. The van der Waals surface area contributed by atoms with E-state index in [1.165, 1.54) is 0 Å². The molecule has 0 radical (unpaired) electrons. The van der Waals surface area contributed by atoms with Gasteiger partial charge in [0.05, 0.1) is 23.6 Å². The Kier molecular flexibility index (Phi) is 4.90. The van der Waals surface area contributed by atoms with Crippen LogP contribution in [0.5, 0.6) is 0 Å². The second-order valence-electron chi connectivity index (χ2n) is 8.98. The number of fused-ring (bicyclic) bond motifs is 3. The molecule has 1 spiro atoms. The SMILES string of the molecule is Cc1ccc(N2C(=O)[C@@H]3[C@@H](c4ccc(Br)cc4)OC4(C(=O)c5ccccc5C4=O)[C@@H]3C2=O)cc1Cl. The highest BCUT2D eigenvalue weighted by atomic mass is 79.9. The molecule has 3 aromatic carbocycles. The van der Waals surface area contributed by atoms with Crippen LogP contribution in [0.25, 0.3) is 0 Å². The van der Waals surface area contributed by atoms with Crippen molar-refractivity contribution in [2.45, 2.75) is 18.6 Å². The molecule has 6 nitrogen and oxygen atoms in total. The van der Waals surface area contributed by atoms with Crippen LogP contribution >= 0.6 is 27.5 Å². The fraction of sp³-hybridized carbons (Fsp3) is 0.185. The number of benzene rings is 3. The van der Waals surface area contributed by atoms with Crippen molar-refractivity contribution in [3.05, 3.63) is 98.5 Å². The molecule has 0 aromatic heterocycles. The number of hydrogen-bond acceptors (Lipinski definition) is 5. The number of rotatable bonds is 2. The summed E-state index contributed by atoms with van der Waals surface area (Å²) in [5, 5.41) is 0.399. The maximum Gasteiger partial charge on any atom is 0.241 e. The van der Waals surface area contributed by atoms with Crippen molar-refractivity contribution >= 4 is 56.6 Å². The van der Waals surface area contributed by atoms with Crippen molar-refractivity contribution < 1.29 is 23.9 Å². The topological polar surface area (TPSA) is 80.8 Å². The van der Waals surface area contributed by atoms with E-state index in [1.54, 1.807) is 66.7 Å². The molecule has 2 aliphatic heterocycles. The summed E-state index contributed by atoms with van der Waals surface area (Å²) < 4.78 is 7.08. The molecule has 3 aromatic rings. The van der Waals surface area contributed by atoms with Gasteiger partial charge in [-0.2, -0.15) is 0 Å². The monoisotopic (exact) mass is 549 g/mol. The number of ether oxygens (including phenoxy) is 1. The Hall–Kier alpha value is -3.13. The van der Waals surface area contributed by atoms with Crippen molar-refractivity contribution in [1.82, 2.24) is 0 Å². The lowest BCUT2D eigenvalue weighted by molar-refractivity contribution is -0.127. The van der Waals surface area contributed by atoms with Crippen molar-refractivity contribution in [3.8, 4) is 0 Å². The molecule has 3 atom stereocenters. The minimum Gasteiger partial charge on any atom is -0.349 e. The fourth-order valence-corrected chi connectivity index (χ4v) is 5.89. The lowest BCUT2D eigenvalue weighted by Gasteiger charge is -2.27. The van der Waals surface area contributed by atoms with Crippen molar-refractivity contribution in [3.63, 3.8) is 0 Å². The predicted molar refractivity (Wildman–Crippen MR) is 131 cm³/mol. The summed E-state index contributed by atoms with van der Waals surface area (Å²) in [6, 6.07) is 18.4. The van der Waals surface area contributed by atoms with Crippen LogP contribution in [0.2, 0.25) is 5.02 Å². The van der Waals surface area contributed by atoms with E-state index in [1.807, 2.05) is 6.92 Å². The first-order valence-corrected chi connectivity index (χ1v) is 12.2. The number of anilines is 1. The molecule has 3 aliphatic rings. The van der Waals surface area contributed by atoms with E-state index in [9.17, 15) is 19.2 Å². The number of Topliss-reactive ketones (excluding diaryl/α,β-unsaturated/α-hetero) is 2. The summed E-state index contributed by atoms with van der Waals surface area (Å²) >= 11 is 9.68. The zero-order valence-electron chi connectivity index (χ0n) is 18.3. The van der Waals surface area contributed by atoms with Crippen LogP contribution in [-0.2, 0) is 14.3 Å². The summed E-state index contributed by atoms with van der Waals surface area (Å²) in [4.78, 5) is 56.2. The zero-order chi connectivity index (χ0) is 24.6. The molecular formula is C27H17BrClNO5. The van der Waals surface area contributed by atoms with Gasteiger partial charge in [-0.15, -0.1) is 0 Å². The highest BCUT2D eigenvalue weighted by Crippen LogP contribution is 2.57. The standard InChI is InChI=1S/C27H17BrClNO5/c1-13-6-11-16(12-19(13)29)30-25(33)20-21(26(30)34)27(35-22(20)14-7-9-15(28)10-8-14)23(31)17-4-2-3-5-18(17)24(27)32/h2-12,20-22H,1H3/t20-,21-,22+/m0/s1. The second kappa shape index (κ2) is 7.68. The van der Waals surface area contributed by atoms with Gasteiger partial charge in [0.1, 0.15) is 0 Å². The van der Waals surface area contributed by atoms with Gasteiger partial charge in [0, 0.05) is 20.6 Å². The number of carbonyl (C=O) groups is 4. The number of amides is 2. The molecule has 0 bridgehead atoms. The molecule has 2 saturated heterocycles. The second-order valence-corrected chi connectivity index (χ2v) is 10.3. The Morgan fingerprint density at radius 3 is 2.11 bits per heavy atom.